The van der Waals surface area contributed by atoms with Gasteiger partial charge in [0.1, 0.15) is 0 Å². The van der Waals surface area contributed by atoms with Crippen molar-refractivity contribution >= 4 is 23.2 Å². The lowest BCUT2D eigenvalue weighted by molar-refractivity contribution is -0.139. The van der Waals surface area contributed by atoms with E-state index in [0.717, 1.165) is 10.4 Å². The van der Waals surface area contributed by atoms with Crippen LogP contribution in [0.4, 0.5) is 0 Å². The van der Waals surface area contributed by atoms with E-state index in [1.54, 1.807) is 6.92 Å². The van der Waals surface area contributed by atoms with E-state index in [4.69, 9.17) is 0 Å². The van der Waals surface area contributed by atoms with Crippen molar-refractivity contribution in [3.05, 3.63) is 58.3 Å². The summed E-state index contributed by atoms with van der Waals surface area (Å²) in [5, 5.41) is 17.3. The number of aliphatic hydroxyl groups is 1. The largest absolute Gasteiger partial charge is 0.388 e. The summed E-state index contributed by atoms with van der Waals surface area (Å²) in [5.41, 5.74) is 0.0530. The van der Waals surface area contributed by atoms with Gasteiger partial charge in [-0.05, 0) is 36.8 Å². The maximum Gasteiger partial charge on any atom is 0.309 e. The molecule has 3 N–H and O–H groups in total. The van der Waals surface area contributed by atoms with Crippen molar-refractivity contribution in [2.45, 2.75) is 31.9 Å². The number of nitrogens with one attached hydrogen (secondary N) is 2. The molecule has 2 rings (SSSR count). The highest BCUT2D eigenvalue weighted by Crippen LogP contribution is 2.13. The molecule has 0 saturated carbocycles. The van der Waals surface area contributed by atoms with Crippen molar-refractivity contribution in [3.63, 3.8) is 0 Å². The SMILES string of the molecule is CC(O)(CCc1ccccc1)CNC(=O)C(=O)NCc1cccs1. The molecule has 0 bridgehead atoms. The first-order valence-electron chi connectivity index (χ1n) is 7.81. The van der Waals surface area contributed by atoms with E-state index in [-0.39, 0.29) is 6.54 Å². The van der Waals surface area contributed by atoms with Crippen LogP contribution < -0.4 is 10.6 Å². The molecule has 1 aromatic heterocycles. The number of aryl methyl sites for hydroxylation is 1. The molecule has 1 unspecified atom stereocenters. The molecule has 6 heteroatoms. The van der Waals surface area contributed by atoms with Gasteiger partial charge in [-0.15, -0.1) is 11.3 Å². The lowest BCUT2D eigenvalue weighted by Gasteiger charge is -2.23. The van der Waals surface area contributed by atoms with Crippen LogP contribution in [0.5, 0.6) is 0 Å². The fourth-order valence-electron chi connectivity index (χ4n) is 2.16. The first kappa shape index (κ1) is 18.2. The van der Waals surface area contributed by atoms with E-state index in [9.17, 15) is 14.7 Å². The number of amides is 2. The molecule has 0 radical (unpaired) electrons. The van der Waals surface area contributed by atoms with Crippen LogP contribution >= 0.6 is 11.3 Å². The van der Waals surface area contributed by atoms with Crippen LogP contribution in [0.1, 0.15) is 23.8 Å². The normalized spacial score (nSPS) is 13.1. The molecular weight excluding hydrogens is 324 g/mol. The zero-order valence-corrected chi connectivity index (χ0v) is 14.4. The molecule has 1 heterocycles. The molecule has 24 heavy (non-hydrogen) atoms. The van der Waals surface area contributed by atoms with Crippen LogP contribution in [-0.4, -0.2) is 29.1 Å². The second kappa shape index (κ2) is 8.61. The number of hydrogen-bond donors (Lipinski definition) is 3. The van der Waals surface area contributed by atoms with Crippen molar-refractivity contribution in [3.8, 4) is 0 Å². The summed E-state index contributed by atoms with van der Waals surface area (Å²) in [6.45, 7) is 2.01. The third-order valence-electron chi connectivity index (χ3n) is 3.63. The van der Waals surface area contributed by atoms with Gasteiger partial charge in [-0.3, -0.25) is 9.59 Å². The van der Waals surface area contributed by atoms with Gasteiger partial charge in [0.05, 0.1) is 12.1 Å². The fraction of sp³-hybridized carbons (Fsp3) is 0.333. The Kier molecular flexibility index (Phi) is 6.52. The summed E-state index contributed by atoms with van der Waals surface area (Å²) in [6.07, 6.45) is 1.20. The van der Waals surface area contributed by atoms with Crippen LogP contribution in [0.25, 0.3) is 0 Å². The number of benzene rings is 1. The maximum absolute atomic E-state index is 11.8. The predicted molar refractivity (Wildman–Crippen MR) is 94.6 cm³/mol. The van der Waals surface area contributed by atoms with Crippen LogP contribution in [0.3, 0.4) is 0 Å². The number of carbonyl (C=O) groups excluding carboxylic acids is 2. The van der Waals surface area contributed by atoms with E-state index in [0.29, 0.717) is 19.4 Å². The van der Waals surface area contributed by atoms with E-state index in [1.807, 2.05) is 47.8 Å². The van der Waals surface area contributed by atoms with Gasteiger partial charge in [-0.1, -0.05) is 36.4 Å². The maximum atomic E-state index is 11.8. The van der Waals surface area contributed by atoms with E-state index >= 15 is 0 Å². The van der Waals surface area contributed by atoms with E-state index in [2.05, 4.69) is 10.6 Å². The minimum Gasteiger partial charge on any atom is -0.388 e. The third kappa shape index (κ3) is 6.14. The lowest BCUT2D eigenvalue weighted by atomic mass is 9.97. The second-order valence-electron chi connectivity index (χ2n) is 5.93. The highest BCUT2D eigenvalue weighted by atomic mass is 32.1. The summed E-state index contributed by atoms with van der Waals surface area (Å²) in [6, 6.07) is 13.6. The molecule has 1 atom stereocenters. The van der Waals surface area contributed by atoms with Crippen molar-refractivity contribution in [2.24, 2.45) is 0 Å². The number of rotatable bonds is 7. The quantitative estimate of drug-likeness (QED) is 0.670. The fourth-order valence-corrected chi connectivity index (χ4v) is 2.80. The highest BCUT2D eigenvalue weighted by Gasteiger charge is 2.23. The van der Waals surface area contributed by atoms with Gasteiger partial charge in [0, 0.05) is 11.4 Å². The van der Waals surface area contributed by atoms with Gasteiger partial charge in [0.25, 0.3) is 0 Å². The second-order valence-corrected chi connectivity index (χ2v) is 6.96. The van der Waals surface area contributed by atoms with Gasteiger partial charge in [-0.25, -0.2) is 0 Å². The smallest absolute Gasteiger partial charge is 0.309 e. The Balaban J connectivity index is 1.71. The molecule has 5 nitrogen and oxygen atoms in total. The molecule has 0 fully saturated rings. The van der Waals surface area contributed by atoms with Crippen LogP contribution in [0.15, 0.2) is 47.8 Å². The minimum atomic E-state index is -1.07. The van der Waals surface area contributed by atoms with Gasteiger partial charge in [0.15, 0.2) is 0 Å². The highest BCUT2D eigenvalue weighted by molar-refractivity contribution is 7.09. The summed E-state index contributed by atoms with van der Waals surface area (Å²) in [4.78, 5) is 24.5. The Morgan fingerprint density at radius 3 is 2.46 bits per heavy atom. The van der Waals surface area contributed by atoms with Crippen LogP contribution in [0.2, 0.25) is 0 Å². The van der Waals surface area contributed by atoms with Crippen LogP contribution in [-0.2, 0) is 22.6 Å². The Morgan fingerprint density at radius 1 is 1.08 bits per heavy atom. The number of hydrogen-bond acceptors (Lipinski definition) is 4. The van der Waals surface area contributed by atoms with Gasteiger partial charge in [-0.2, -0.15) is 0 Å². The molecule has 2 aromatic rings. The molecule has 2 amide bonds. The zero-order valence-electron chi connectivity index (χ0n) is 13.6. The summed E-state index contributed by atoms with van der Waals surface area (Å²) in [5.74, 6) is -1.42. The summed E-state index contributed by atoms with van der Waals surface area (Å²) < 4.78 is 0. The molecule has 0 aliphatic rings. The standard InChI is InChI=1S/C18H22N2O3S/c1-18(23,10-9-14-6-3-2-4-7-14)13-20-17(22)16(21)19-12-15-8-5-11-24-15/h2-8,11,23H,9-10,12-13H2,1H3,(H,19,21)(H,20,22). The van der Waals surface area contributed by atoms with E-state index < -0.39 is 17.4 Å². The average Bonchev–Trinajstić information content (AvgIpc) is 3.10. The Labute approximate surface area is 145 Å². The van der Waals surface area contributed by atoms with E-state index in [1.165, 1.54) is 11.3 Å². The molecule has 0 spiro atoms. The third-order valence-corrected chi connectivity index (χ3v) is 4.51. The molecule has 0 aliphatic heterocycles. The topological polar surface area (TPSA) is 78.4 Å². The Morgan fingerprint density at radius 2 is 1.79 bits per heavy atom. The summed E-state index contributed by atoms with van der Waals surface area (Å²) >= 11 is 1.51. The number of carbonyl (C=O) groups is 2. The van der Waals surface area contributed by atoms with Gasteiger partial charge < -0.3 is 15.7 Å². The van der Waals surface area contributed by atoms with Crippen molar-refractivity contribution < 1.29 is 14.7 Å². The predicted octanol–water partition coefficient (Wildman–Crippen LogP) is 1.86. The first-order valence-corrected chi connectivity index (χ1v) is 8.69. The van der Waals surface area contributed by atoms with Crippen LogP contribution in [0, 0.1) is 0 Å². The Hall–Kier alpha value is -2.18. The van der Waals surface area contributed by atoms with Gasteiger partial charge >= 0.3 is 11.8 Å². The molecule has 128 valence electrons. The lowest BCUT2D eigenvalue weighted by Crippen LogP contribution is -2.46. The minimum absolute atomic E-state index is 0.0328. The summed E-state index contributed by atoms with van der Waals surface area (Å²) in [7, 11) is 0. The molecule has 1 aromatic carbocycles. The average molecular weight is 346 g/mol. The van der Waals surface area contributed by atoms with Crippen molar-refractivity contribution in [1.29, 1.82) is 0 Å². The van der Waals surface area contributed by atoms with Crippen molar-refractivity contribution in [2.75, 3.05) is 6.54 Å². The first-order chi connectivity index (χ1) is 11.5. The molecular formula is C18H22N2O3S. The monoisotopic (exact) mass is 346 g/mol. The zero-order chi connectivity index (χ0) is 17.4. The van der Waals surface area contributed by atoms with Gasteiger partial charge in [0.2, 0.25) is 0 Å². The molecule has 0 aliphatic carbocycles. The van der Waals surface area contributed by atoms with Crippen molar-refractivity contribution in [1.82, 2.24) is 10.6 Å². The Bertz CT molecular complexity index is 654. The number of thiophene rings is 1. The molecule has 0 saturated heterocycles.